The van der Waals surface area contributed by atoms with Gasteiger partial charge >= 0.3 is 0 Å². The van der Waals surface area contributed by atoms with Gasteiger partial charge in [-0.25, -0.2) is 13.1 Å². The fourth-order valence-corrected chi connectivity index (χ4v) is 3.20. The highest BCUT2D eigenvalue weighted by Crippen LogP contribution is 2.21. The topological polar surface area (TPSA) is 63.2 Å². The number of rotatable bonds is 5. The molecular weight excluding hydrogens is 250 g/mol. The van der Waals surface area contributed by atoms with E-state index in [1.54, 1.807) is 19.1 Å². The lowest BCUT2D eigenvalue weighted by molar-refractivity contribution is 0.0988. The van der Waals surface area contributed by atoms with Gasteiger partial charge < -0.3 is 0 Å². The average Bonchev–Trinajstić information content (AvgIpc) is 2.33. The first-order valence-corrected chi connectivity index (χ1v) is 7.67. The maximum absolute atomic E-state index is 12.1. The van der Waals surface area contributed by atoms with Gasteiger partial charge in [0, 0.05) is 18.0 Å². The molecule has 1 aliphatic rings. The highest BCUT2D eigenvalue weighted by molar-refractivity contribution is 7.89. The summed E-state index contributed by atoms with van der Waals surface area (Å²) in [6.45, 7) is 1.76. The van der Waals surface area contributed by atoms with Crippen LogP contribution in [0, 0.1) is 0 Å². The summed E-state index contributed by atoms with van der Waals surface area (Å²) < 4.78 is 26.8. The third-order valence-corrected chi connectivity index (χ3v) is 4.73. The van der Waals surface area contributed by atoms with Gasteiger partial charge in [0.2, 0.25) is 10.0 Å². The Balaban J connectivity index is 2.23. The Bertz CT molecular complexity index is 547. The number of carbonyl (C=O) groups is 1. The molecule has 0 saturated heterocycles. The smallest absolute Gasteiger partial charge is 0.240 e. The fraction of sp³-hybridized carbons (Fsp3) is 0.462. The van der Waals surface area contributed by atoms with Crippen LogP contribution in [0.1, 0.15) is 43.0 Å². The molecule has 0 spiro atoms. The molecule has 0 heterocycles. The summed E-state index contributed by atoms with van der Waals surface area (Å²) >= 11 is 0. The predicted octanol–water partition coefficient (Wildman–Crippen LogP) is 2.11. The van der Waals surface area contributed by atoms with Crippen molar-refractivity contribution in [1.82, 2.24) is 4.72 Å². The van der Waals surface area contributed by atoms with Crippen LogP contribution >= 0.6 is 0 Å². The second-order valence-corrected chi connectivity index (χ2v) is 6.27. The summed E-state index contributed by atoms with van der Waals surface area (Å²) in [4.78, 5) is 11.7. The van der Waals surface area contributed by atoms with Gasteiger partial charge in [-0.2, -0.15) is 0 Å². The third kappa shape index (κ3) is 2.79. The first-order chi connectivity index (χ1) is 8.53. The molecule has 0 aromatic heterocycles. The number of hydrogen-bond acceptors (Lipinski definition) is 3. The molecule has 1 N–H and O–H groups in total. The molecule has 2 rings (SSSR count). The first kappa shape index (κ1) is 13.2. The van der Waals surface area contributed by atoms with Gasteiger partial charge in [-0.05, 0) is 25.0 Å². The van der Waals surface area contributed by atoms with Crippen molar-refractivity contribution in [2.45, 2.75) is 43.5 Å². The number of sulfonamides is 1. The van der Waals surface area contributed by atoms with E-state index in [0.29, 0.717) is 12.0 Å². The van der Waals surface area contributed by atoms with Gasteiger partial charge in [-0.3, -0.25) is 4.79 Å². The molecule has 0 radical (unpaired) electrons. The molecule has 1 aromatic carbocycles. The minimum absolute atomic E-state index is 0.0457. The zero-order valence-corrected chi connectivity index (χ0v) is 11.2. The van der Waals surface area contributed by atoms with Gasteiger partial charge in [0.1, 0.15) is 0 Å². The van der Waals surface area contributed by atoms with E-state index in [1.807, 2.05) is 0 Å². The van der Waals surface area contributed by atoms with E-state index in [1.165, 1.54) is 12.1 Å². The molecule has 0 atom stereocenters. The van der Waals surface area contributed by atoms with Crippen LogP contribution in [-0.2, 0) is 10.0 Å². The van der Waals surface area contributed by atoms with E-state index in [4.69, 9.17) is 0 Å². The highest BCUT2D eigenvalue weighted by atomic mass is 32.2. The zero-order chi connectivity index (χ0) is 13.2. The number of nitrogens with one attached hydrogen (secondary N) is 1. The van der Waals surface area contributed by atoms with Crippen LogP contribution in [0.25, 0.3) is 0 Å². The van der Waals surface area contributed by atoms with E-state index in [2.05, 4.69) is 4.72 Å². The molecule has 1 aromatic rings. The van der Waals surface area contributed by atoms with Gasteiger partial charge in [0.05, 0.1) is 4.90 Å². The van der Waals surface area contributed by atoms with E-state index < -0.39 is 10.0 Å². The lowest BCUT2D eigenvalue weighted by Gasteiger charge is -2.26. The average molecular weight is 267 g/mol. The van der Waals surface area contributed by atoms with Crippen LogP contribution in [0.4, 0.5) is 0 Å². The Morgan fingerprint density at radius 2 is 2.11 bits per heavy atom. The van der Waals surface area contributed by atoms with Crippen molar-refractivity contribution in [2.24, 2.45) is 0 Å². The van der Waals surface area contributed by atoms with E-state index in [-0.39, 0.29) is 16.7 Å². The molecule has 1 fully saturated rings. The van der Waals surface area contributed by atoms with Crippen molar-refractivity contribution < 1.29 is 13.2 Å². The number of Topliss-reactive ketones (excluding diaryl/α,β-unsaturated/α-hetero) is 1. The highest BCUT2D eigenvalue weighted by Gasteiger charge is 2.24. The van der Waals surface area contributed by atoms with Crippen molar-refractivity contribution >= 4 is 15.8 Å². The van der Waals surface area contributed by atoms with Crippen LogP contribution in [0.15, 0.2) is 29.2 Å². The maximum Gasteiger partial charge on any atom is 0.240 e. The molecule has 98 valence electrons. The lowest BCUT2D eigenvalue weighted by Crippen LogP contribution is -2.39. The molecule has 1 saturated carbocycles. The largest absolute Gasteiger partial charge is 0.294 e. The maximum atomic E-state index is 12.1. The number of hydrogen-bond donors (Lipinski definition) is 1. The second-order valence-electron chi connectivity index (χ2n) is 4.55. The molecule has 0 unspecified atom stereocenters. The van der Waals surface area contributed by atoms with E-state index in [9.17, 15) is 13.2 Å². The Morgan fingerprint density at radius 1 is 1.39 bits per heavy atom. The summed E-state index contributed by atoms with van der Waals surface area (Å²) in [6.07, 6.45) is 3.24. The monoisotopic (exact) mass is 267 g/mol. The fourth-order valence-electron chi connectivity index (χ4n) is 1.85. The van der Waals surface area contributed by atoms with Crippen LogP contribution < -0.4 is 4.72 Å². The Labute approximate surface area is 107 Å². The lowest BCUT2D eigenvalue weighted by atomic mass is 9.94. The zero-order valence-electron chi connectivity index (χ0n) is 10.3. The SMILES string of the molecule is CCC(=O)c1cccc(S(=O)(=O)NC2CCC2)c1. The second kappa shape index (κ2) is 5.20. The normalized spacial score (nSPS) is 16.3. The Kier molecular flexibility index (Phi) is 3.82. The van der Waals surface area contributed by atoms with Crippen molar-refractivity contribution in [3.05, 3.63) is 29.8 Å². The quantitative estimate of drug-likeness (QED) is 0.831. The Morgan fingerprint density at radius 3 is 2.67 bits per heavy atom. The molecule has 0 bridgehead atoms. The molecule has 0 amide bonds. The number of ketones is 1. The van der Waals surface area contributed by atoms with Gasteiger partial charge in [-0.15, -0.1) is 0 Å². The van der Waals surface area contributed by atoms with Crippen molar-refractivity contribution in [3.63, 3.8) is 0 Å². The molecule has 1 aliphatic carbocycles. The molecule has 5 heteroatoms. The van der Waals surface area contributed by atoms with E-state index >= 15 is 0 Å². The van der Waals surface area contributed by atoms with Crippen LogP contribution in [0.5, 0.6) is 0 Å². The van der Waals surface area contributed by atoms with Gasteiger partial charge in [-0.1, -0.05) is 25.5 Å². The van der Waals surface area contributed by atoms with Gasteiger partial charge in [0.25, 0.3) is 0 Å². The standard InChI is InChI=1S/C13H17NO3S/c1-2-13(15)10-5-3-8-12(9-10)18(16,17)14-11-6-4-7-11/h3,5,8-9,11,14H,2,4,6-7H2,1H3. The van der Waals surface area contributed by atoms with Crippen molar-refractivity contribution in [3.8, 4) is 0 Å². The van der Waals surface area contributed by atoms with Crippen LogP contribution in [0.3, 0.4) is 0 Å². The summed E-state index contributed by atoms with van der Waals surface area (Å²) in [5, 5.41) is 0. The summed E-state index contributed by atoms with van der Waals surface area (Å²) in [5.74, 6) is -0.0457. The summed E-state index contributed by atoms with van der Waals surface area (Å²) in [6, 6.07) is 6.28. The third-order valence-electron chi connectivity index (χ3n) is 3.21. The number of benzene rings is 1. The number of carbonyl (C=O) groups excluding carboxylic acids is 1. The molecular formula is C13H17NO3S. The van der Waals surface area contributed by atoms with Gasteiger partial charge in [0.15, 0.2) is 5.78 Å². The van der Waals surface area contributed by atoms with Crippen LogP contribution in [0.2, 0.25) is 0 Å². The summed E-state index contributed by atoms with van der Waals surface area (Å²) in [5.41, 5.74) is 0.453. The Hall–Kier alpha value is -1.20. The van der Waals surface area contributed by atoms with Crippen molar-refractivity contribution in [1.29, 1.82) is 0 Å². The van der Waals surface area contributed by atoms with Crippen LogP contribution in [-0.4, -0.2) is 20.2 Å². The molecule has 18 heavy (non-hydrogen) atoms. The van der Waals surface area contributed by atoms with E-state index in [0.717, 1.165) is 19.3 Å². The first-order valence-electron chi connectivity index (χ1n) is 6.18. The van der Waals surface area contributed by atoms with Crippen molar-refractivity contribution in [2.75, 3.05) is 0 Å². The summed E-state index contributed by atoms with van der Waals surface area (Å²) in [7, 11) is -3.49. The predicted molar refractivity (Wildman–Crippen MR) is 69.0 cm³/mol. The minimum Gasteiger partial charge on any atom is -0.294 e. The molecule has 0 aliphatic heterocycles. The molecule has 4 nitrogen and oxygen atoms in total. The minimum atomic E-state index is -3.49.